The maximum atomic E-state index is 5.97. The van der Waals surface area contributed by atoms with Gasteiger partial charge in [0.2, 0.25) is 0 Å². The van der Waals surface area contributed by atoms with Crippen molar-refractivity contribution in [3.8, 4) is 0 Å². The molecule has 20 heavy (non-hydrogen) atoms. The van der Waals surface area contributed by atoms with E-state index in [-0.39, 0.29) is 6.10 Å². The van der Waals surface area contributed by atoms with Crippen LogP contribution in [0.3, 0.4) is 0 Å². The Morgan fingerprint density at radius 3 is 3.25 bits per heavy atom. The van der Waals surface area contributed by atoms with Gasteiger partial charge in [-0.2, -0.15) is 0 Å². The number of fused-ring (bicyclic) bond motifs is 1. The highest BCUT2D eigenvalue weighted by Gasteiger charge is 2.33. The fraction of sp³-hybridized carbons (Fsp3) is 0.733. The van der Waals surface area contributed by atoms with Crippen molar-refractivity contribution < 1.29 is 4.74 Å². The van der Waals surface area contributed by atoms with E-state index in [0.717, 1.165) is 31.2 Å². The van der Waals surface area contributed by atoms with Gasteiger partial charge in [0.1, 0.15) is 6.10 Å². The predicted molar refractivity (Wildman–Crippen MR) is 77.3 cm³/mol. The molecular weight excluding hydrogens is 252 g/mol. The molecule has 0 amide bonds. The van der Waals surface area contributed by atoms with Crippen LogP contribution in [0.15, 0.2) is 12.3 Å². The minimum Gasteiger partial charge on any atom is -0.367 e. The summed E-state index contributed by atoms with van der Waals surface area (Å²) in [6, 6.07) is 3.06. The molecule has 2 saturated heterocycles. The fourth-order valence-corrected chi connectivity index (χ4v) is 2.95. The van der Waals surface area contributed by atoms with Crippen LogP contribution in [0.25, 0.3) is 0 Å². The van der Waals surface area contributed by atoms with Crippen molar-refractivity contribution in [2.75, 3.05) is 19.7 Å². The van der Waals surface area contributed by atoms with E-state index in [1.165, 1.54) is 19.4 Å². The molecule has 3 heterocycles. The van der Waals surface area contributed by atoms with Gasteiger partial charge in [-0.05, 0) is 25.5 Å². The van der Waals surface area contributed by atoms with Crippen molar-refractivity contribution in [1.82, 2.24) is 20.2 Å². The Hall–Kier alpha value is -1.04. The zero-order chi connectivity index (χ0) is 13.9. The molecule has 0 radical (unpaired) electrons. The zero-order valence-electron chi connectivity index (χ0n) is 12.4. The standard InChI is InChI=1S/C15H24N4O/c1-11(2)17-8-12-5-6-16-15(18-12)14-9-19-7-3-4-13(19)10-20-14/h5-6,11,13-14,17H,3-4,7-10H2,1-2H3. The van der Waals surface area contributed by atoms with E-state index in [9.17, 15) is 0 Å². The lowest BCUT2D eigenvalue weighted by molar-refractivity contribution is -0.0542. The molecule has 2 unspecified atom stereocenters. The van der Waals surface area contributed by atoms with E-state index in [1.807, 2.05) is 12.3 Å². The lowest BCUT2D eigenvalue weighted by Gasteiger charge is -2.34. The van der Waals surface area contributed by atoms with Crippen molar-refractivity contribution in [1.29, 1.82) is 0 Å². The third-order valence-electron chi connectivity index (χ3n) is 4.10. The highest BCUT2D eigenvalue weighted by atomic mass is 16.5. The largest absolute Gasteiger partial charge is 0.367 e. The Kier molecular flexibility index (Phi) is 4.29. The maximum Gasteiger partial charge on any atom is 0.158 e. The van der Waals surface area contributed by atoms with E-state index < -0.39 is 0 Å². The summed E-state index contributed by atoms with van der Waals surface area (Å²) in [5, 5.41) is 3.39. The summed E-state index contributed by atoms with van der Waals surface area (Å²) >= 11 is 0. The smallest absolute Gasteiger partial charge is 0.158 e. The highest BCUT2D eigenvalue weighted by molar-refractivity contribution is 5.06. The van der Waals surface area contributed by atoms with Crippen LogP contribution in [0.2, 0.25) is 0 Å². The molecule has 1 aromatic heterocycles. The molecule has 0 aromatic carbocycles. The first-order valence-electron chi connectivity index (χ1n) is 7.63. The molecule has 5 nitrogen and oxygen atoms in total. The normalized spacial score (nSPS) is 26.9. The number of rotatable bonds is 4. The number of ether oxygens (including phenoxy) is 1. The summed E-state index contributed by atoms with van der Waals surface area (Å²) in [5.41, 5.74) is 1.04. The Morgan fingerprint density at radius 2 is 2.40 bits per heavy atom. The quantitative estimate of drug-likeness (QED) is 0.903. The van der Waals surface area contributed by atoms with Crippen LogP contribution < -0.4 is 5.32 Å². The number of morpholine rings is 1. The predicted octanol–water partition coefficient (Wildman–Crippen LogP) is 1.51. The average molecular weight is 276 g/mol. The van der Waals surface area contributed by atoms with Gasteiger partial charge in [-0.1, -0.05) is 13.8 Å². The van der Waals surface area contributed by atoms with Crippen LogP contribution in [-0.2, 0) is 11.3 Å². The van der Waals surface area contributed by atoms with Gasteiger partial charge >= 0.3 is 0 Å². The molecule has 0 spiro atoms. The Bertz CT molecular complexity index is 451. The first-order chi connectivity index (χ1) is 9.72. The Morgan fingerprint density at radius 1 is 1.50 bits per heavy atom. The number of nitrogens with one attached hydrogen (secondary N) is 1. The first-order valence-corrected chi connectivity index (χ1v) is 7.63. The molecule has 1 aromatic rings. The molecule has 2 fully saturated rings. The van der Waals surface area contributed by atoms with Gasteiger partial charge in [-0.3, -0.25) is 4.90 Å². The molecule has 0 saturated carbocycles. The monoisotopic (exact) mass is 276 g/mol. The Balaban J connectivity index is 1.65. The number of hydrogen-bond donors (Lipinski definition) is 1. The summed E-state index contributed by atoms with van der Waals surface area (Å²) in [4.78, 5) is 11.6. The van der Waals surface area contributed by atoms with Crippen LogP contribution >= 0.6 is 0 Å². The highest BCUT2D eigenvalue weighted by Crippen LogP contribution is 2.28. The second kappa shape index (κ2) is 6.16. The molecule has 110 valence electrons. The second-order valence-corrected chi connectivity index (χ2v) is 6.05. The topological polar surface area (TPSA) is 50.3 Å². The van der Waals surface area contributed by atoms with Crippen molar-refractivity contribution in [2.24, 2.45) is 0 Å². The van der Waals surface area contributed by atoms with E-state index >= 15 is 0 Å². The van der Waals surface area contributed by atoms with E-state index in [4.69, 9.17) is 4.74 Å². The number of aromatic nitrogens is 2. The van der Waals surface area contributed by atoms with Gasteiger partial charge in [0.15, 0.2) is 5.82 Å². The molecule has 2 aliphatic rings. The third-order valence-corrected chi connectivity index (χ3v) is 4.10. The van der Waals surface area contributed by atoms with Gasteiger partial charge in [0, 0.05) is 31.4 Å². The van der Waals surface area contributed by atoms with Gasteiger partial charge in [0.05, 0.1) is 12.3 Å². The maximum absolute atomic E-state index is 5.97. The molecule has 5 heteroatoms. The molecule has 1 N–H and O–H groups in total. The van der Waals surface area contributed by atoms with Crippen LogP contribution in [-0.4, -0.2) is 46.6 Å². The summed E-state index contributed by atoms with van der Waals surface area (Å²) in [6.07, 6.45) is 4.44. The van der Waals surface area contributed by atoms with Crippen LogP contribution in [0.1, 0.15) is 44.3 Å². The average Bonchev–Trinajstić information content (AvgIpc) is 2.93. The van der Waals surface area contributed by atoms with Crippen molar-refractivity contribution in [3.05, 3.63) is 23.8 Å². The van der Waals surface area contributed by atoms with Gasteiger partial charge < -0.3 is 10.1 Å². The van der Waals surface area contributed by atoms with Crippen molar-refractivity contribution in [3.63, 3.8) is 0 Å². The zero-order valence-corrected chi connectivity index (χ0v) is 12.4. The molecule has 3 rings (SSSR count). The minimum atomic E-state index is 0.0309. The van der Waals surface area contributed by atoms with Gasteiger partial charge in [-0.15, -0.1) is 0 Å². The molecule has 2 atom stereocenters. The third kappa shape index (κ3) is 3.16. The SMILES string of the molecule is CC(C)NCc1ccnc(C2CN3CCCC3CO2)n1. The van der Waals surface area contributed by atoms with Crippen LogP contribution in [0, 0.1) is 0 Å². The van der Waals surface area contributed by atoms with E-state index in [1.54, 1.807) is 0 Å². The molecule has 0 bridgehead atoms. The molecule has 0 aliphatic carbocycles. The first kappa shape index (κ1) is 13.9. The lowest BCUT2D eigenvalue weighted by Crippen LogP contribution is -2.42. The second-order valence-electron chi connectivity index (χ2n) is 6.05. The summed E-state index contributed by atoms with van der Waals surface area (Å²) in [6.45, 7) is 8.01. The number of hydrogen-bond acceptors (Lipinski definition) is 5. The van der Waals surface area contributed by atoms with Crippen LogP contribution in [0.4, 0.5) is 0 Å². The van der Waals surface area contributed by atoms with Gasteiger partial charge in [-0.25, -0.2) is 9.97 Å². The number of nitrogens with zero attached hydrogens (tertiary/aromatic N) is 3. The summed E-state index contributed by atoms with van der Waals surface area (Å²) in [5.74, 6) is 0.832. The summed E-state index contributed by atoms with van der Waals surface area (Å²) in [7, 11) is 0. The van der Waals surface area contributed by atoms with Gasteiger partial charge in [0.25, 0.3) is 0 Å². The van der Waals surface area contributed by atoms with E-state index in [0.29, 0.717) is 12.1 Å². The van der Waals surface area contributed by atoms with Crippen LogP contribution in [0.5, 0.6) is 0 Å². The minimum absolute atomic E-state index is 0.0309. The summed E-state index contributed by atoms with van der Waals surface area (Å²) < 4.78 is 5.97. The molecular formula is C15H24N4O. The fourth-order valence-electron chi connectivity index (χ4n) is 2.95. The lowest BCUT2D eigenvalue weighted by atomic mass is 10.2. The van der Waals surface area contributed by atoms with Crippen molar-refractivity contribution in [2.45, 2.75) is 51.4 Å². The Labute approximate surface area is 120 Å². The van der Waals surface area contributed by atoms with E-state index in [2.05, 4.69) is 34.0 Å². The van der Waals surface area contributed by atoms with Crippen molar-refractivity contribution >= 4 is 0 Å². The molecule has 2 aliphatic heterocycles.